The number of hydrogen-bond acceptors (Lipinski definition) is 3. The third-order valence-corrected chi connectivity index (χ3v) is 3.60. The second-order valence-corrected chi connectivity index (χ2v) is 5.50. The first kappa shape index (κ1) is 12.7. The summed E-state index contributed by atoms with van der Waals surface area (Å²) in [5, 5.41) is 0. The first-order chi connectivity index (χ1) is 8.08. The fourth-order valence-electron chi connectivity index (χ4n) is 2.45. The lowest BCUT2D eigenvalue weighted by atomic mass is 10.0. The Bertz CT molecular complexity index is 447. The molecule has 1 saturated heterocycles. The van der Waals surface area contributed by atoms with Gasteiger partial charge in [0, 0.05) is 30.9 Å². The standard InChI is InChI=1S/C13H20N2OS/c1-8(2)12-9(3)14-11(15-13(12)17)6-10-4-5-16-7-10/h8,10H,4-7H2,1-3H3,(H,14,15,17). The molecule has 3 nitrogen and oxygen atoms in total. The molecule has 0 bridgehead atoms. The molecule has 0 aliphatic carbocycles. The molecular formula is C13H20N2OS. The number of H-pyrrole nitrogens is 1. The average Bonchev–Trinajstić information content (AvgIpc) is 2.68. The topological polar surface area (TPSA) is 37.9 Å². The SMILES string of the molecule is Cc1[nH]c(CC2CCOC2)nc(=S)c1C(C)C. The lowest BCUT2D eigenvalue weighted by Gasteiger charge is -2.13. The van der Waals surface area contributed by atoms with E-state index in [1.165, 1.54) is 5.56 Å². The predicted octanol–water partition coefficient (Wildman–Crippen LogP) is 3.15. The number of ether oxygens (including phenoxy) is 1. The minimum atomic E-state index is 0.426. The zero-order valence-corrected chi connectivity index (χ0v) is 11.6. The van der Waals surface area contributed by atoms with Gasteiger partial charge < -0.3 is 9.72 Å². The predicted molar refractivity (Wildman–Crippen MR) is 70.9 cm³/mol. The molecule has 1 N–H and O–H groups in total. The van der Waals surface area contributed by atoms with Gasteiger partial charge in [0.1, 0.15) is 10.5 Å². The van der Waals surface area contributed by atoms with Crippen molar-refractivity contribution in [1.29, 1.82) is 0 Å². The molecule has 1 aliphatic rings. The van der Waals surface area contributed by atoms with Crippen molar-refractivity contribution in [3.8, 4) is 0 Å². The smallest absolute Gasteiger partial charge is 0.133 e. The summed E-state index contributed by atoms with van der Waals surface area (Å²) >= 11 is 5.38. The molecule has 0 radical (unpaired) electrons. The summed E-state index contributed by atoms with van der Waals surface area (Å²) in [6.07, 6.45) is 2.08. The first-order valence-corrected chi connectivity index (χ1v) is 6.66. The van der Waals surface area contributed by atoms with Crippen molar-refractivity contribution >= 4 is 12.2 Å². The van der Waals surface area contributed by atoms with Crippen LogP contribution in [0.1, 0.15) is 43.3 Å². The Morgan fingerprint density at radius 2 is 2.29 bits per heavy atom. The molecule has 1 aromatic heterocycles. The van der Waals surface area contributed by atoms with Gasteiger partial charge in [0.2, 0.25) is 0 Å². The van der Waals surface area contributed by atoms with Gasteiger partial charge in [-0.1, -0.05) is 26.1 Å². The van der Waals surface area contributed by atoms with Crippen LogP contribution in [0.2, 0.25) is 0 Å². The van der Waals surface area contributed by atoms with E-state index in [-0.39, 0.29) is 0 Å². The normalized spacial score (nSPS) is 20.1. The number of hydrogen-bond donors (Lipinski definition) is 1. The van der Waals surface area contributed by atoms with E-state index >= 15 is 0 Å². The van der Waals surface area contributed by atoms with E-state index in [2.05, 4.69) is 30.7 Å². The summed E-state index contributed by atoms with van der Waals surface area (Å²) in [6, 6.07) is 0. The van der Waals surface area contributed by atoms with Crippen LogP contribution in [0.4, 0.5) is 0 Å². The molecule has 17 heavy (non-hydrogen) atoms. The van der Waals surface area contributed by atoms with Crippen molar-refractivity contribution in [3.05, 3.63) is 21.7 Å². The number of aryl methyl sites for hydroxylation is 1. The molecule has 0 amide bonds. The van der Waals surface area contributed by atoms with Crippen molar-refractivity contribution in [3.63, 3.8) is 0 Å². The first-order valence-electron chi connectivity index (χ1n) is 6.25. The van der Waals surface area contributed by atoms with Gasteiger partial charge in [-0.15, -0.1) is 0 Å². The van der Waals surface area contributed by atoms with Crippen molar-refractivity contribution in [2.24, 2.45) is 5.92 Å². The molecule has 1 aliphatic heterocycles. The van der Waals surface area contributed by atoms with Gasteiger partial charge in [0.25, 0.3) is 0 Å². The maximum atomic E-state index is 5.38. The molecule has 1 unspecified atom stereocenters. The van der Waals surface area contributed by atoms with Crippen molar-refractivity contribution in [1.82, 2.24) is 9.97 Å². The highest BCUT2D eigenvalue weighted by molar-refractivity contribution is 7.71. The Labute approximate surface area is 108 Å². The molecule has 2 heterocycles. The molecule has 1 atom stereocenters. The average molecular weight is 252 g/mol. The van der Waals surface area contributed by atoms with Crippen LogP contribution in [0.15, 0.2) is 0 Å². The maximum Gasteiger partial charge on any atom is 0.133 e. The summed E-state index contributed by atoms with van der Waals surface area (Å²) < 4.78 is 6.14. The van der Waals surface area contributed by atoms with Crippen LogP contribution >= 0.6 is 12.2 Å². The Balaban J connectivity index is 2.22. The zero-order valence-electron chi connectivity index (χ0n) is 10.7. The second kappa shape index (κ2) is 5.27. The number of aromatic nitrogens is 2. The van der Waals surface area contributed by atoms with Crippen LogP contribution < -0.4 is 0 Å². The van der Waals surface area contributed by atoms with E-state index in [1.54, 1.807) is 0 Å². The molecule has 94 valence electrons. The van der Waals surface area contributed by atoms with Crippen molar-refractivity contribution < 1.29 is 4.74 Å². The minimum absolute atomic E-state index is 0.426. The highest BCUT2D eigenvalue weighted by Crippen LogP contribution is 2.21. The molecule has 2 rings (SSSR count). The molecule has 0 saturated carbocycles. The molecule has 0 aromatic carbocycles. The molecule has 0 spiro atoms. The van der Waals surface area contributed by atoms with Gasteiger partial charge in [-0.3, -0.25) is 0 Å². The van der Waals surface area contributed by atoms with Gasteiger partial charge in [0.05, 0.1) is 0 Å². The second-order valence-electron chi connectivity index (χ2n) is 5.12. The van der Waals surface area contributed by atoms with Crippen molar-refractivity contribution in [2.45, 2.75) is 39.5 Å². The van der Waals surface area contributed by atoms with Crippen LogP contribution in [-0.2, 0) is 11.2 Å². The maximum absolute atomic E-state index is 5.38. The molecule has 1 aromatic rings. The Hall–Kier alpha value is -0.740. The summed E-state index contributed by atoms with van der Waals surface area (Å²) in [4.78, 5) is 7.91. The monoisotopic (exact) mass is 252 g/mol. The van der Waals surface area contributed by atoms with E-state index in [0.717, 1.165) is 42.2 Å². The fraction of sp³-hybridized carbons (Fsp3) is 0.692. The third-order valence-electron chi connectivity index (χ3n) is 3.29. The largest absolute Gasteiger partial charge is 0.381 e. The lowest BCUT2D eigenvalue weighted by molar-refractivity contribution is 0.185. The number of nitrogens with one attached hydrogen (secondary N) is 1. The summed E-state index contributed by atoms with van der Waals surface area (Å²) in [5.41, 5.74) is 2.33. The lowest BCUT2D eigenvalue weighted by Crippen LogP contribution is -2.10. The van der Waals surface area contributed by atoms with Crippen LogP contribution in [0.25, 0.3) is 0 Å². The van der Waals surface area contributed by atoms with Crippen LogP contribution in [0, 0.1) is 17.5 Å². The van der Waals surface area contributed by atoms with Gasteiger partial charge in [-0.2, -0.15) is 0 Å². The Morgan fingerprint density at radius 3 is 2.82 bits per heavy atom. The number of aromatic amines is 1. The fourth-order valence-corrected chi connectivity index (χ4v) is 2.95. The van der Waals surface area contributed by atoms with Crippen LogP contribution in [0.3, 0.4) is 0 Å². The van der Waals surface area contributed by atoms with E-state index in [1.807, 2.05) is 0 Å². The van der Waals surface area contributed by atoms with E-state index < -0.39 is 0 Å². The van der Waals surface area contributed by atoms with Gasteiger partial charge >= 0.3 is 0 Å². The van der Waals surface area contributed by atoms with Gasteiger partial charge in [0.15, 0.2) is 0 Å². The Kier molecular flexibility index (Phi) is 3.94. The highest BCUT2D eigenvalue weighted by Gasteiger charge is 2.18. The van der Waals surface area contributed by atoms with Gasteiger partial charge in [-0.05, 0) is 25.2 Å². The summed E-state index contributed by atoms with van der Waals surface area (Å²) in [5.74, 6) is 2.03. The quantitative estimate of drug-likeness (QED) is 0.840. The molecule has 4 heteroatoms. The van der Waals surface area contributed by atoms with E-state index in [9.17, 15) is 0 Å². The van der Waals surface area contributed by atoms with Crippen molar-refractivity contribution in [2.75, 3.05) is 13.2 Å². The summed E-state index contributed by atoms with van der Waals surface area (Å²) in [7, 11) is 0. The zero-order chi connectivity index (χ0) is 12.4. The highest BCUT2D eigenvalue weighted by atomic mass is 32.1. The Morgan fingerprint density at radius 1 is 1.53 bits per heavy atom. The summed E-state index contributed by atoms with van der Waals surface area (Å²) in [6.45, 7) is 8.12. The minimum Gasteiger partial charge on any atom is -0.381 e. The molecule has 1 fully saturated rings. The van der Waals surface area contributed by atoms with Crippen LogP contribution in [-0.4, -0.2) is 23.2 Å². The number of nitrogens with zero attached hydrogens (tertiary/aromatic N) is 1. The van der Waals surface area contributed by atoms with Gasteiger partial charge in [-0.25, -0.2) is 4.98 Å². The van der Waals surface area contributed by atoms with E-state index in [0.29, 0.717) is 11.8 Å². The van der Waals surface area contributed by atoms with Crippen LogP contribution in [0.5, 0.6) is 0 Å². The molecular weight excluding hydrogens is 232 g/mol. The van der Waals surface area contributed by atoms with E-state index in [4.69, 9.17) is 17.0 Å². The third kappa shape index (κ3) is 2.93. The number of rotatable bonds is 3.